The predicted molar refractivity (Wildman–Crippen MR) is 81.7 cm³/mol. The molecule has 0 atom stereocenters. The first-order chi connectivity index (χ1) is 8.97. The molecular weight excluding hydrogens is 236 g/mol. The molecule has 0 unspecified atom stereocenters. The van der Waals surface area contributed by atoms with Crippen molar-refractivity contribution in [3.63, 3.8) is 0 Å². The molecule has 1 aliphatic heterocycles. The van der Waals surface area contributed by atoms with Gasteiger partial charge in [-0.25, -0.2) is 0 Å². The Morgan fingerprint density at radius 2 is 1.17 bits per heavy atom. The normalized spacial score (nSPS) is 28.7. The van der Waals surface area contributed by atoms with Crippen molar-refractivity contribution in [3.05, 3.63) is 0 Å². The molecule has 0 aromatic carbocycles. The Balaban J connectivity index is 0.000000169. The summed E-state index contributed by atoms with van der Waals surface area (Å²) in [5.74, 6) is 2.28. The highest BCUT2D eigenvalue weighted by Crippen LogP contribution is 2.37. The molecule has 0 amide bonds. The summed E-state index contributed by atoms with van der Waals surface area (Å²) in [6.45, 7) is 1.06. The zero-order valence-corrected chi connectivity index (χ0v) is 13.6. The molecule has 2 heteroatoms. The molecule has 2 aliphatic carbocycles. The molecule has 0 aromatic rings. The molecule has 3 rings (SSSR count). The van der Waals surface area contributed by atoms with E-state index < -0.39 is 0 Å². The topological polar surface area (TPSA) is 9.23 Å². The summed E-state index contributed by atoms with van der Waals surface area (Å²) >= 11 is 0. The number of rotatable bonds is 1. The van der Waals surface area contributed by atoms with Gasteiger partial charge in [0.1, 0.15) is 0 Å². The van der Waals surface area contributed by atoms with Crippen molar-refractivity contribution in [1.82, 2.24) is 0 Å². The van der Waals surface area contributed by atoms with Crippen LogP contribution in [0.2, 0.25) is 6.04 Å². The van der Waals surface area contributed by atoms with Crippen LogP contribution in [-0.2, 0) is 4.43 Å². The molecule has 0 radical (unpaired) electrons. The minimum atomic E-state index is 0.00849. The molecule has 3 fully saturated rings. The molecule has 3 aliphatic rings. The van der Waals surface area contributed by atoms with Crippen molar-refractivity contribution in [3.8, 4) is 0 Å². The second-order valence-corrected chi connectivity index (χ2v) is 7.99. The Labute approximate surface area is 116 Å². The molecule has 0 aromatic heterocycles. The van der Waals surface area contributed by atoms with Gasteiger partial charge in [-0.05, 0) is 24.3 Å². The van der Waals surface area contributed by atoms with Crippen molar-refractivity contribution in [2.45, 2.75) is 83.1 Å². The molecule has 18 heavy (non-hydrogen) atoms. The van der Waals surface area contributed by atoms with Gasteiger partial charge in [0.2, 0.25) is 0 Å². The molecule has 106 valence electrons. The van der Waals surface area contributed by atoms with Gasteiger partial charge in [0.15, 0.2) is 9.76 Å². The molecule has 1 nitrogen and oxygen atoms in total. The second kappa shape index (κ2) is 9.14. The van der Waals surface area contributed by atoms with Crippen LogP contribution < -0.4 is 0 Å². The smallest absolute Gasteiger partial charge is 0.161 e. The maximum atomic E-state index is 5.21. The Morgan fingerprint density at radius 3 is 1.44 bits per heavy atom. The molecule has 1 saturated heterocycles. The lowest BCUT2D eigenvalue weighted by molar-refractivity contribution is 0.196. The van der Waals surface area contributed by atoms with E-state index in [2.05, 4.69) is 0 Å². The van der Waals surface area contributed by atoms with Crippen LogP contribution in [-0.4, -0.2) is 16.4 Å². The minimum absolute atomic E-state index is 0.00849. The monoisotopic (exact) mass is 268 g/mol. The van der Waals surface area contributed by atoms with E-state index in [0.29, 0.717) is 0 Å². The van der Waals surface area contributed by atoms with Crippen molar-refractivity contribution >= 4 is 9.76 Å². The highest BCUT2D eigenvalue weighted by atomic mass is 28.2. The van der Waals surface area contributed by atoms with Gasteiger partial charge in [0, 0.05) is 6.61 Å². The molecule has 0 bridgehead atoms. The third-order valence-electron chi connectivity index (χ3n) is 5.04. The lowest BCUT2D eigenvalue weighted by Crippen LogP contribution is -2.20. The average molecular weight is 269 g/mol. The molecule has 1 heterocycles. The zero-order chi connectivity index (χ0) is 12.5. The van der Waals surface area contributed by atoms with Gasteiger partial charge in [0.05, 0.1) is 0 Å². The fourth-order valence-corrected chi connectivity index (χ4v) is 5.07. The van der Waals surface area contributed by atoms with Gasteiger partial charge in [-0.2, -0.15) is 0 Å². The number of hydrogen-bond acceptors (Lipinski definition) is 1. The second-order valence-electron chi connectivity index (χ2n) is 6.47. The van der Waals surface area contributed by atoms with Crippen molar-refractivity contribution in [2.24, 2.45) is 11.8 Å². The van der Waals surface area contributed by atoms with Crippen LogP contribution in [0.3, 0.4) is 0 Å². The van der Waals surface area contributed by atoms with Gasteiger partial charge in [0.25, 0.3) is 0 Å². The molecule has 2 saturated carbocycles. The van der Waals surface area contributed by atoms with Gasteiger partial charge in [-0.3, -0.25) is 0 Å². The standard InChI is InChI=1S/C12H22.C4H10OSi/c1-3-7-11(8-4-1)12-9-5-2-6-10-12;1-2-4-6-5-3-1/h11-12H,1-10H2;1-4,6H2. The van der Waals surface area contributed by atoms with Crippen LogP contribution in [0.1, 0.15) is 77.0 Å². The highest BCUT2D eigenvalue weighted by molar-refractivity contribution is 6.27. The van der Waals surface area contributed by atoms with Crippen molar-refractivity contribution in [2.75, 3.05) is 6.61 Å². The summed E-state index contributed by atoms with van der Waals surface area (Å²) in [6.07, 6.45) is 18.1. The van der Waals surface area contributed by atoms with Crippen LogP contribution in [0.4, 0.5) is 0 Å². The van der Waals surface area contributed by atoms with E-state index in [1.54, 1.807) is 25.7 Å². The third-order valence-corrected chi connectivity index (χ3v) is 6.41. The molecule has 0 spiro atoms. The lowest BCUT2D eigenvalue weighted by atomic mass is 9.73. The van der Waals surface area contributed by atoms with Gasteiger partial charge < -0.3 is 4.43 Å². The summed E-state index contributed by atoms with van der Waals surface area (Å²) in [6, 6.07) is 1.42. The highest BCUT2D eigenvalue weighted by Gasteiger charge is 2.24. The van der Waals surface area contributed by atoms with E-state index in [4.69, 9.17) is 4.43 Å². The number of hydrogen-bond donors (Lipinski definition) is 0. The minimum Gasteiger partial charge on any atom is -0.424 e. The van der Waals surface area contributed by atoms with E-state index >= 15 is 0 Å². The van der Waals surface area contributed by atoms with Crippen molar-refractivity contribution < 1.29 is 4.43 Å². The summed E-state index contributed by atoms with van der Waals surface area (Å²) in [7, 11) is 0.00849. The summed E-state index contributed by atoms with van der Waals surface area (Å²) in [4.78, 5) is 0. The maximum absolute atomic E-state index is 5.21. The van der Waals surface area contributed by atoms with Crippen LogP contribution in [0.15, 0.2) is 0 Å². The summed E-state index contributed by atoms with van der Waals surface area (Å²) in [5.41, 5.74) is 0. The van der Waals surface area contributed by atoms with Crippen LogP contribution in [0.25, 0.3) is 0 Å². The van der Waals surface area contributed by atoms with Gasteiger partial charge in [-0.1, -0.05) is 70.6 Å². The first kappa shape index (κ1) is 14.6. The average Bonchev–Trinajstić information content (AvgIpc) is 2.51. The van der Waals surface area contributed by atoms with E-state index in [1.807, 2.05) is 0 Å². The Hall–Kier alpha value is 0.177. The first-order valence-electron chi connectivity index (χ1n) is 8.54. The molecular formula is C16H32OSi. The van der Waals surface area contributed by atoms with E-state index in [1.165, 1.54) is 57.4 Å². The van der Waals surface area contributed by atoms with Crippen molar-refractivity contribution in [1.29, 1.82) is 0 Å². The predicted octanol–water partition coefficient (Wildman–Crippen LogP) is 4.45. The lowest BCUT2D eigenvalue weighted by Gasteiger charge is -2.32. The maximum Gasteiger partial charge on any atom is 0.161 e. The van der Waals surface area contributed by atoms with Gasteiger partial charge >= 0.3 is 0 Å². The fraction of sp³-hybridized carbons (Fsp3) is 1.00. The zero-order valence-electron chi connectivity index (χ0n) is 12.2. The first-order valence-corrected chi connectivity index (χ1v) is 10.1. The SMILES string of the molecule is C1CCC(C2CCCCC2)CC1.C1CC[SiH2]OC1. The van der Waals surface area contributed by atoms with Crippen LogP contribution in [0, 0.1) is 11.8 Å². The quantitative estimate of drug-likeness (QED) is 0.639. The van der Waals surface area contributed by atoms with E-state index in [0.717, 1.165) is 18.4 Å². The van der Waals surface area contributed by atoms with E-state index in [9.17, 15) is 0 Å². The van der Waals surface area contributed by atoms with Crippen LogP contribution in [0.5, 0.6) is 0 Å². The fourth-order valence-electron chi connectivity index (χ4n) is 3.90. The Kier molecular flexibility index (Phi) is 7.40. The Bertz CT molecular complexity index is 164. The largest absolute Gasteiger partial charge is 0.424 e. The Morgan fingerprint density at radius 1 is 0.611 bits per heavy atom. The van der Waals surface area contributed by atoms with Crippen LogP contribution >= 0.6 is 0 Å². The summed E-state index contributed by atoms with van der Waals surface area (Å²) in [5, 5.41) is 0. The van der Waals surface area contributed by atoms with Gasteiger partial charge in [-0.15, -0.1) is 0 Å². The third kappa shape index (κ3) is 5.44. The van der Waals surface area contributed by atoms with E-state index in [-0.39, 0.29) is 9.76 Å². The molecule has 0 N–H and O–H groups in total. The summed E-state index contributed by atoms with van der Waals surface area (Å²) < 4.78 is 5.21.